The van der Waals surface area contributed by atoms with Crippen LogP contribution in [-0.2, 0) is 4.79 Å². The fraction of sp³-hybridized carbons (Fsp3) is 0.643. The Kier molecular flexibility index (Phi) is 3.62. The van der Waals surface area contributed by atoms with Crippen molar-refractivity contribution in [2.45, 2.75) is 25.7 Å². The van der Waals surface area contributed by atoms with Crippen molar-refractivity contribution >= 4 is 11.7 Å². The van der Waals surface area contributed by atoms with E-state index in [1.807, 2.05) is 0 Å². The zero-order chi connectivity index (χ0) is 13.1. The molecule has 19 heavy (non-hydrogen) atoms. The van der Waals surface area contributed by atoms with Crippen molar-refractivity contribution < 1.29 is 4.79 Å². The Morgan fingerprint density at radius 3 is 3.00 bits per heavy atom. The molecular formula is C14H20N4O. The van der Waals surface area contributed by atoms with Crippen molar-refractivity contribution in [3.05, 3.63) is 18.6 Å². The van der Waals surface area contributed by atoms with E-state index in [0.29, 0.717) is 0 Å². The summed E-state index contributed by atoms with van der Waals surface area (Å²) < 4.78 is 0. The highest BCUT2D eigenvalue weighted by Crippen LogP contribution is 2.28. The molecule has 3 rings (SSSR count). The number of aromatic nitrogens is 2. The Balaban J connectivity index is 1.56. The van der Waals surface area contributed by atoms with Crippen molar-refractivity contribution in [2.75, 3.05) is 24.5 Å². The van der Waals surface area contributed by atoms with Crippen molar-refractivity contribution in [1.82, 2.24) is 15.3 Å². The Bertz CT molecular complexity index is 432. The van der Waals surface area contributed by atoms with E-state index in [9.17, 15) is 4.79 Å². The number of carbonyl (C=O) groups is 1. The summed E-state index contributed by atoms with van der Waals surface area (Å²) in [5, 5.41) is 3.08. The van der Waals surface area contributed by atoms with Crippen LogP contribution in [0, 0.1) is 11.8 Å². The molecule has 1 aromatic heterocycles. The number of carbonyl (C=O) groups excluding carboxylic acids is 1. The molecule has 2 fully saturated rings. The van der Waals surface area contributed by atoms with Gasteiger partial charge in [0, 0.05) is 32.0 Å². The molecule has 0 radical (unpaired) electrons. The van der Waals surface area contributed by atoms with Crippen molar-refractivity contribution in [3.8, 4) is 0 Å². The molecule has 1 N–H and O–H groups in total. The fourth-order valence-corrected chi connectivity index (χ4v) is 2.57. The Hall–Kier alpha value is -1.65. The van der Waals surface area contributed by atoms with Crippen LogP contribution in [0.5, 0.6) is 0 Å². The monoisotopic (exact) mass is 260 g/mol. The second kappa shape index (κ2) is 5.55. The number of hydrogen-bond acceptors (Lipinski definition) is 4. The quantitative estimate of drug-likeness (QED) is 0.884. The van der Waals surface area contributed by atoms with Gasteiger partial charge in [-0.15, -0.1) is 0 Å². The van der Waals surface area contributed by atoms with E-state index in [2.05, 4.69) is 20.2 Å². The molecular weight excluding hydrogens is 240 g/mol. The molecule has 5 heteroatoms. The van der Waals surface area contributed by atoms with Gasteiger partial charge in [-0.3, -0.25) is 9.78 Å². The molecule has 1 saturated carbocycles. The van der Waals surface area contributed by atoms with Gasteiger partial charge in [0.15, 0.2) is 0 Å². The van der Waals surface area contributed by atoms with E-state index in [4.69, 9.17) is 0 Å². The summed E-state index contributed by atoms with van der Waals surface area (Å²) in [5.41, 5.74) is 0. The van der Waals surface area contributed by atoms with E-state index in [1.54, 1.807) is 18.6 Å². The van der Waals surface area contributed by atoms with Gasteiger partial charge in [-0.2, -0.15) is 0 Å². The van der Waals surface area contributed by atoms with Crippen molar-refractivity contribution in [2.24, 2.45) is 11.8 Å². The van der Waals surface area contributed by atoms with Gasteiger partial charge in [-0.25, -0.2) is 4.98 Å². The third-order valence-corrected chi connectivity index (χ3v) is 3.93. The van der Waals surface area contributed by atoms with Crippen molar-refractivity contribution in [1.29, 1.82) is 0 Å². The molecule has 1 aliphatic carbocycles. The predicted molar refractivity (Wildman–Crippen MR) is 72.7 cm³/mol. The smallest absolute Gasteiger partial charge is 0.224 e. The van der Waals surface area contributed by atoms with Crippen LogP contribution in [0.4, 0.5) is 5.82 Å². The van der Waals surface area contributed by atoms with Crippen LogP contribution >= 0.6 is 0 Å². The number of nitrogens with one attached hydrogen (secondary N) is 1. The normalized spacial score (nSPS) is 23.2. The zero-order valence-electron chi connectivity index (χ0n) is 11.1. The van der Waals surface area contributed by atoms with Gasteiger partial charge in [0.25, 0.3) is 0 Å². The Morgan fingerprint density at radius 2 is 2.26 bits per heavy atom. The maximum Gasteiger partial charge on any atom is 0.224 e. The topological polar surface area (TPSA) is 58.1 Å². The number of amides is 1. The first-order valence-electron chi connectivity index (χ1n) is 7.11. The van der Waals surface area contributed by atoms with Gasteiger partial charge in [0.2, 0.25) is 5.91 Å². The highest BCUT2D eigenvalue weighted by Gasteiger charge is 2.28. The van der Waals surface area contributed by atoms with E-state index in [0.717, 1.165) is 44.2 Å². The second-order valence-corrected chi connectivity index (χ2v) is 5.54. The molecule has 0 spiro atoms. The van der Waals surface area contributed by atoms with Gasteiger partial charge in [-0.05, 0) is 31.6 Å². The van der Waals surface area contributed by atoms with Gasteiger partial charge in [0.05, 0.1) is 12.1 Å². The highest BCUT2D eigenvalue weighted by atomic mass is 16.1. The minimum Gasteiger partial charge on any atom is -0.356 e. The summed E-state index contributed by atoms with van der Waals surface area (Å²) in [4.78, 5) is 22.7. The van der Waals surface area contributed by atoms with Gasteiger partial charge >= 0.3 is 0 Å². The first-order valence-corrected chi connectivity index (χ1v) is 7.11. The molecule has 2 heterocycles. The number of rotatable bonds is 4. The first kappa shape index (κ1) is 12.4. The van der Waals surface area contributed by atoms with Crippen LogP contribution in [0.1, 0.15) is 25.7 Å². The van der Waals surface area contributed by atoms with Gasteiger partial charge < -0.3 is 10.2 Å². The third-order valence-electron chi connectivity index (χ3n) is 3.93. The van der Waals surface area contributed by atoms with Gasteiger partial charge in [-0.1, -0.05) is 0 Å². The number of hydrogen-bond donors (Lipinski definition) is 1. The molecule has 0 bridgehead atoms. The second-order valence-electron chi connectivity index (χ2n) is 5.54. The third kappa shape index (κ3) is 3.22. The summed E-state index contributed by atoms with van der Waals surface area (Å²) in [6.45, 7) is 2.58. The van der Waals surface area contributed by atoms with E-state index < -0.39 is 0 Å². The number of anilines is 1. The lowest BCUT2D eigenvalue weighted by Gasteiger charge is -2.32. The average molecular weight is 260 g/mol. The molecule has 1 aromatic rings. The fourth-order valence-electron chi connectivity index (χ4n) is 2.57. The summed E-state index contributed by atoms with van der Waals surface area (Å²) in [6.07, 6.45) is 9.71. The maximum atomic E-state index is 12.1. The Labute approximate surface area is 113 Å². The van der Waals surface area contributed by atoms with Crippen LogP contribution in [0.15, 0.2) is 18.6 Å². The van der Waals surface area contributed by atoms with Crippen LogP contribution in [0.3, 0.4) is 0 Å². The molecule has 1 amide bonds. The average Bonchev–Trinajstić information content (AvgIpc) is 3.30. The van der Waals surface area contributed by atoms with Crippen LogP contribution in [-0.4, -0.2) is 35.5 Å². The van der Waals surface area contributed by atoms with Crippen LogP contribution < -0.4 is 10.2 Å². The molecule has 1 aliphatic heterocycles. The minimum absolute atomic E-state index is 0.0921. The number of piperidine rings is 1. The number of nitrogens with zero attached hydrogens (tertiary/aromatic N) is 3. The van der Waals surface area contributed by atoms with Crippen molar-refractivity contribution in [3.63, 3.8) is 0 Å². The summed E-state index contributed by atoms with van der Waals surface area (Å²) in [6, 6.07) is 0. The van der Waals surface area contributed by atoms with Gasteiger partial charge in [0.1, 0.15) is 5.82 Å². The zero-order valence-corrected chi connectivity index (χ0v) is 11.1. The lowest BCUT2D eigenvalue weighted by Crippen LogP contribution is -2.43. The Morgan fingerprint density at radius 1 is 1.37 bits per heavy atom. The molecule has 5 nitrogen and oxygen atoms in total. The minimum atomic E-state index is 0.0921. The lowest BCUT2D eigenvalue weighted by molar-refractivity contribution is -0.125. The summed E-state index contributed by atoms with van der Waals surface area (Å²) in [7, 11) is 0. The molecule has 1 saturated heterocycles. The standard InChI is InChI=1S/C14H20N4O/c19-14(17-8-11-3-4-11)12-2-1-7-18(10-12)13-9-15-5-6-16-13/h5-6,9,11-12H,1-4,7-8,10H2,(H,17,19). The summed E-state index contributed by atoms with van der Waals surface area (Å²) in [5.74, 6) is 1.92. The van der Waals surface area contributed by atoms with Crippen LogP contribution in [0.2, 0.25) is 0 Å². The van der Waals surface area contributed by atoms with E-state index in [-0.39, 0.29) is 11.8 Å². The molecule has 102 valence electrons. The molecule has 1 unspecified atom stereocenters. The lowest BCUT2D eigenvalue weighted by atomic mass is 9.97. The molecule has 0 aromatic carbocycles. The van der Waals surface area contributed by atoms with Crippen LogP contribution in [0.25, 0.3) is 0 Å². The maximum absolute atomic E-state index is 12.1. The largest absolute Gasteiger partial charge is 0.356 e. The summed E-state index contributed by atoms with van der Waals surface area (Å²) >= 11 is 0. The molecule has 2 aliphatic rings. The highest BCUT2D eigenvalue weighted by molar-refractivity contribution is 5.79. The predicted octanol–water partition coefficient (Wildman–Crippen LogP) is 1.22. The van der Waals surface area contributed by atoms with E-state index in [1.165, 1.54) is 12.8 Å². The SMILES string of the molecule is O=C(NCC1CC1)C1CCCN(c2cnccn2)C1. The first-order chi connectivity index (χ1) is 9.33. The van der Waals surface area contributed by atoms with E-state index >= 15 is 0 Å². The molecule has 1 atom stereocenters.